The van der Waals surface area contributed by atoms with E-state index in [0.29, 0.717) is 25.2 Å². The van der Waals surface area contributed by atoms with E-state index in [0.717, 1.165) is 66.4 Å². The summed E-state index contributed by atoms with van der Waals surface area (Å²) in [6, 6.07) is 4.19. The molecular weight excluding hydrogens is 724 g/mol. The zero-order valence-corrected chi connectivity index (χ0v) is 27.5. The third-order valence-corrected chi connectivity index (χ3v) is 8.09. The van der Waals surface area contributed by atoms with Crippen molar-refractivity contribution in [1.82, 2.24) is 14.9 Å². The molecule has 0 radical (unpaired) electrons. The lowest BCUT2D eigenvalue weighted by atomic mass is 10.0. The minimum absolute atomic E-state index is 0.336. The monoisotopic (exact) mass is 760 g/mol. The summed E-state index contributed by atoms with van der Waals surface area (Å²) in [6.45, 7) is 7.09. The van der Waals surface area contributed by atoms with Gasteiger partial charge in [0.05, 0.1) is 37.1 Å². The fourth-order valence-electron chi connectivity index (χ4n) is 3.48. The number of nitrogens with zero attached hydrogens (tertiary/aromatic N) is 3. The maximum absolute atomic E-state index is 11.7. The molecule has 0 bridgehead atoms. The predicted octanol–water partition coefficient (Wildman–Crippen LogP) is 7.00. The molecule has 1 amide bonds. The molecule has 0 aliphatic carbocycles. The highest BCUT2D eigenvalue weighted by atomic mass is 127. The highest BCUT2D eigenvalue weighted by Gasteiger charge is 2.16. The third-order valence-electron chi connectivity index (χ3n) is 5.14. The van der Waals surface area contributed by atoms with Crippen molar-refractivity contribution < 1.29 is 14.3 Å². The van der Waals surface area contributed by atoms with Crippen LogP contribution < -0.4 is 16.4 Å². The molecule has 9 nitrogen and oxygen atoms in total. The van der Waals surface area contributed by atoms with Crippen molar-refractivity contribution >= 4 is 91.3 Å². The molecule has 0 saturated heterocycles. The summed E-state index contributed by atoms with van der Waals surface area (Å²) in [5, 5.41) is 12.0. The number of fused-ring (bicyclic) bond motifs is 1. The first-order chi connectivity index (χ1) is 17.2. The molecule has 36 heavy (non-hydrogen) atoms. The first-order valence-electron chi connectivity index (χ1n) is 11.7. The van der Waals surface area contributed by atoms with Crippen LogP contribution in [0.4, 0.5) is 10.5 Å². The Kier molecular flexibility index (Phi) is 14.0. The number of amides is 1. The van der Waals surface area contributed by atoms with Gasteiger partial charge >= 0.3 is 6.09 Å². The fourth-order valence-corrected chi connectivity index (χ4v) is 5.61. The highest BCUT2D eigenvalue weighted by Crippen LogP contribution is 2.35. The molecule has 1 aromatic carbocycles. The first-order valence-corrected chi connectivity index (χ1v) is 19.8. The molecular formula is C23H36I2N6O3P2. The number of allylic oxidation sites excluding steroid dienone is 1. The van der Waals surface area contributed by atoms with Crippen molar-refractivity contribution in [2.24, 2.45) is 10.5 Å². The number of hydrogen-bond donors (Lipinski definition) is 3. The fraction of sp³-hybridized carbons (Fsp3) is 0.522. The van der Waals surface area contributed by atoms with Crippen LogP contribution in [0.2, 0.25) is 0 Å². The predicted molar refractivity (Wildman–Crippen MR) is 172 cm³/mol. The van der Waals surface area contributed by atoms with Crippen LogP contribution >= 0.6 is 56.8 Å². The topological polar surface area (TPSA) is 116 Å². The van der Waals surface area contributed by atoms with Crippen molar-refractivity contribution in [2.45, 2.75) is 58.5 Å². The van der Waals surface area contributed by atoms with Gasteiger partial charge < -0.3 is 25.8 Å². The number of benzene rings is 1. The second-order valence-electron chi connectivity index (χ2n) is 9.05. The van der Waals surface area contributed by atoms with Crippen LogP contribution in [0.1, 0.15) is 58.4 Å². The molecule has 0 aliphatic heterocycles. The summed E-state index contributed by atoms with van der Waals surface area (Å²) < 4.78 is 17.0. The van der Waals surface area contributed by atoms with Crippen molar-refractivity contribution in [3.63, 3.8) is 0 Å². The van der Waals surface area contributed by atoms with Gasteiger partial charge in [-0.1, -0.05) is 19.3 Å². The average Bonchev–Trinajstić information content (AvgIpc) is 3.25. The molecule has 2 aromatic rings. The summed E-state index contributed by atoms with van der Waals surface area (Å²) in [7, 11) is 1.57. The zero-order valence-electron chi connectivity index (χ0n) is 21.2. The molecule has 0 fully saturated rings. The quantitative estimate of drug-likeness (QED) is 0.0629. The van der Waals surface area contributed by atoms with Gasteiger partial charge in [0.25, 0.3) is 0 Å². The SMILES string of the molecule is COC(N)=C(C=NPI)c1cc(NCCCCCCCNC(=O)OC(C)(C)C)c2cnn(PI)c2c1. The third kappa shape index (κ3) is 10.5. The molecule has 2 unspecified atom stereocenters. The number of unbranched alkanes of at least 4 members (excludes halogenated alkanes) is 4. The van der Waals surface area contributed by atoms with Gasteiger partial charge in [-0.3, -0.25) is 4.76 Å². The van der Waals surface area contributed by atoms with E-state index in [2.05, 4.69) is 76.7 Å². The largest absolute Gasteiger partial charge is 0.482 e. The van der Waals surface area contributed by atoms with E-state index in [4.69, 9.17) is 15.2 Å². The standard InChI is InChI=1S/C23H36I2N6O3P2/c1-23(2,3)34-22(32)28-11-9-7-5-6-8-10-27-19-12-16(17(15-30-35-24)21(26)33-4)13-20-18(19)14-29-31(20)36-25/h12-15,27,35-36H,5-11,26H2,1-4H3,(H,28,32). The van der Waals surface area contributed by atoms with E-state index in [-0.39, 0.29) is 6.09 Å². The second kappa shape index (κ2) is 16.1. The number of rotatable bonds is 14. The van der Waals surface area contributed by atoms with Crippen molar-refractivity contribution in [1.29, 1.82) is 0 Å². The maximum atomic E-state index is 11.7. The number of carbonyl (C=O) groups excluding carboxylic acids is 1. The van der Waals surface area contributed by atoms with Gasteiger partial charge in [0.2, 0.25) is 0 Å². The Hall–Kier alpha value is -0.910. The number of carbonyl (C=O) groups is 1. The highest BCUT2D eigenvalue weighted by molar-refractivity contribution is 14.2. The van der Waals surface area contributed by atoms with Gasteiger partial charge in [0.15, 0.2) is 5.88 Å². The molecule has 2 rings (SSSR count). The lowest BCUT2D eigenvalue weighted by Crippen LogP contribution is -2.32. The van der Waals surface area contributed by atoms with E-state index in [1.165, 1.54) is 0 Å². The molecule has 0 saturated carbocycles. The smallest absolute Gasteiger partial charge is 0.407 e. The second-order valence-corrected chi connectivity index (χ2v) is 13.0. The Labute approximate surface area is 243 Å². The van der Waals surface area contributed by atoms with Gasteiger partial charge in [0.1, 0.15) is 5.60 Å². The summed E-state index contributed by atoms with van der Waals surface area (Å²) in [4.78, 5) is 11.7. The summed E-state index contributed by atoms with van der Waals surface area (Å²) in [6.07, 6.45) is 9.52. The number of nitrogens with one attached hydrogen (secondary N) is 2. The lowest BCUT2D eigenvalue weighted by molar-refractivity contribution is 0.0527. The van der Waals surface area contributed by atoms with Crippen LogP contribution in [-0.2, 0) is 9.47 Å². The van der Waals surface area contributed by atoms with Gasteiger partial charge in [-0.25, -0.2) is 9.25 Å². The minimum Gasteiger partial charge on any atom is -0.482 e. The van der Waals surface area contributed by atoms with Gasteiger partial charge in [-0.2, -0.15) is 5.10 Å². The summed E-state index contributed by atoms with van der Waals surface area (Å²) in [5.74, 6) is 0.336. The van der Waals surface area contributed by atoms with E-state index in [1.54, 1.807) is 13.3 Å². The van der Waals surface area contributed by atoms with Crippen LogP contribution in [0.15, 0.2) is 29.0 Å². The number of anilines is 1. The van der Waals surface area contributed by atoms with Crippen molar-refractivity contribution in [3.05, 3.63) is 29.8 Å². The van der Waals surface area contributed by atoms with Crippen LogP contribution in [0.5, 0.6) is 0 Å². The first kappa shape index (κ1) is 31.3. The van der Waals surface area contributed by atoms with Crippen LogP contribution in [0.3, 0.4) is 0 Å². The zero-order chi connectivity index (χ0) is 26.6. The summed E-state index contributed by atoms with van der Waals surface area (Å²) >= 11 is 4.56. The van der Waals surface area contributed by atoms with Crippen LogP contribution in [0, 0.1) is 0 Å². The molecule has 13 heteroatoms. The van der Waals surface area contributed by atoms with Crippen molar-refractivity contribution in [2.75, 3.05) is 25.5 Å². The Balaban J connectivity index is 1.93. The number of alkyl carbamates (subject to hydrolysis) is 1. The van der Waals surface area contributed by atoms with E-state index in [1.807, 2.05) is 31.4 Å². The van der Waals surface area contributed by atoms with E-state index < -0.39 is 5.60 Å². The molecule has 200 valence electrons. The number of halogens is 2. The van der Waals surface area contributed by atoms with Crippen LogP contribution in [-0.4, -0.2) is 47.7 Å². The maximum Gasteiger partial charge on any atom is 0.407 e. The Morgan fingerprint density at radius 1 is 1.19 bits per heavy atom. The molecule has 0 spiro atoms. The van der Waals surface area contributed by atoms with Crippen molar-refractivity contribution in [3.8, 4) is 0 Å². The van der Waals surface area contributed by atoms with Gasteiger partial charge in [-0.15, -0.1) is 0 Å². The Morgan fingerprint density at radius 2 is 1.89 bits per heavy atom. The molecule has 1 aromatic heterocycles. The molecule has 2 atom stereocenters. The average molecular weight is 760 g/mol. The molecule has 0 aliphatic rings. The number of aromatic nitrogens is 2. The molecule has 4 N–H and O–H groups in total. The Morgan fingerprint density at radius 3 is 2.53 bits per heavy atom. The Bertz CT molecular complexity index is 1060. The minimum atomic E-state index is -0.464. The van der Waals surface area contributed by atoms with Gasteiger partial charge in [-0.05, 0) is 95.4 Å². The normalized spacial score (nSPS) is 13.3. The molecule has 1 heterocycles. The number of hydrogen-bond acceptors (Lipinski definition) is 7. The summed E-state index contributed by atoms with van der Waals surface area (Å²) in [5.41, 5.74) is 9.47. The number of ether oxygens (including phenoxy) is 2. The number of nitrogens with two attached hydrogens (primary N) is 1. The lowest BCUT2D eigenvalue weighted by Gasteiger charge is -2.19. The van der Waals surface area contributed by atoms with E-state index in [9.17, 15) is 4.79 Å². The van der Waals surface area contributed by atoms with E-state index >= 15 is 0 Å². The number of methoxy groups -OCH3 is 1. The van der Waals surface area contributed by atoms with Gasteiger partial charge in [0, 0.05) is 30.4 Å². The van der Waals surface area contributed by atoms with Crippen LogP contribution in [0.25, 0.3) is 16.5 Å².